The number of benzene rings is 2. The molecule has 3 nitrogen and oxygen atoms in total. The number of carbonyl (C=O) groups excluding carboxylic acids is 1. The lowest BCUT2D eigenvalue weighted by Gasteiger charge is -2.11. The number of aryl methyl sites for hydroxylation is 1. The van der Waals surface area contributed by atoms with E-state index in [2.05, 4.69) is 10.6 Å². The molecule has 2 N–H and O–H groups in total. The maximum Gasteiger partial charge on any atom is 0.243 e. The van der Waals surface area contributed by atoms with Gasteiger partial charge >= 0.3 is 0 Å². The molecule has 0 aliphatic carbocycles. The zero-order chi connectivity index (χ0) is 15.4. The van der Waals surface area contributed by atoms with Crippen molar-refractivity contribution in [3.05, 3.63) is 58.6 Å². The summed E-state index contributed by atoms with van der Waals surface area (Å²) in [5, 5.41) is 5.83. The van der Waals surface area contributed by atoms with Gasteiger partial charge in [0.2, 0.25) is 5.91 Å². The SMILES string of the molecule is Cc1ccc(Cl)cc1NCC(=O)Nc1ccc(F)cc1F. The van der Waals surface area contributed by atoms with Gasteiger partial charge in [0.25, 0.3) is 0 Å². The summed E-state index contributed by atoms with van der Waals surface area (Å²) in [5.41, 5.74) is 1.59. The Morgan fingerprint density at radius 2 is 1.90 bits per heavy atom. The van der Waals surface area contributed by atoms with Crippen molar-refractivity contribution in [3.63, 3.8) is 0 Å². The number of hydrogen-bond donors (Lipinski definition) is 2. The molecule has 0 aliphatic heterocycles. The Labute approximate surface area is 125 Å². The second-order valence-corrected chi connectivity index (χ2v) is 4.92. The van der Waals surface area contributed by atoms with E-state index in [1.165, 1.54) is 6.07 Å². The van der Waals surface area contributed by atoms with Crippen molar-refractivity contribution in [1.29, 1.82) is 0 Å². The van der Waals surface area contributed by atoms with Gasteiger partial charge in [-0.15, -0.1) is 0 Å². The van der Waals surface area contributed by atoms with Gasteiger partial charge in [0.1, 0.15) is 11.6 Å². The second kappa shape index (κ2) is 6.54. The predicted octanol–water partition coefficient (Wildman–Crippen LogP) is 3.98. The summed E-state index contributed by atoms with van der Waals surface area (Å²) < 4.78 is 26.2. The second-order valence-electron chi connectivity index (χ2n) is 4.49. The van der Waals surface area contributed by atoms with Crippen LogP contribution in [-0.2, 0) is 4.79 Å². The summed E-state index contributed by atoms with van der Waals surface area (Å²) in [7, 11) is 0. The van der Waals surface area contributed by atoms with Gasteiger partial charge in [-0.3, -0.25) is 4.79 Å². The molecule has 2 aromatic rings. The fourth-order valence-electron chi connectivity index (χ4n) is 1.75. The highest BCUT2D eigenvalue weighted by molar-refractivity contribution is 6.30. The van der Waals surface area contributed by atoms with Crippen LogP contribution in [0.4, 0.5) is 20.2 Å². The first kappa shape index (κ1) is 15.3. The van der Waals surface area contributed by atoms with Crippen LogP contribution in [0.25, 0.3) is 0 Å². The monoisotopic (exact) mass is 310 g/mol. The van der Waals surface area contributed by atoms with Crippen molar-refractivity contribution in [2.45, 2.75) is 6.92 Å². The Hall–Kier alpha value is -2.14. The molecule has 2 aromatic carbocycles. The van der Waals surface area contributed by atoms with Crippen LogP contribution in [0.5, 0.6) is 0 Å². The molecule has 0 aliphatic rings. The minimum atomic E-state index is -0.817. The van der Waals surface area contributed by atoms with Crippen LogP contribution in [0.1, 0.15) is 5.56 Å². The topological polar surface area (TPSA) is 41.1 Å². The van der Waals surface area contributed by atoms with E-state index in [0.717, 1.165) is 17.3 Å². The Kier molecular flexibility index (Phi) is 4.75. The summed E-state index contributed by atoms with van der Waals surface area (Å²) in [6.07, 6.45) is 0. The van der Waals surface area contributed by atoms with Gasteiger partial charge in [-0.2, -0.15) is 0 Å². The minimum Gasteiger partial charge on any atom is -0.376 e. The molecular formula is C15H13ClF2N2O. The quantitative estimate of drug-likeness (QED) is 0.897. The van der Waals surface area contributed by atoms with Crippen molar-refractivity contribution in [3.8, 4) is 0 Å². The van der Waals surface area contributed by atoms with Crippen molar-refractivity contribution >= 4 is 28.9 Å². The van der Waals surface area contributed by atoms with Gasteiger partial charge in [0, 0.05) is 16.8 Å². The Balaban J connectivity index is 1.97. The van der Waals surface area contributed by atoms with E-state index in [0.29, 0.717) is 11.1 Å². The molecule has 1 amide bonds. The summed E-state index contributed by atoms with van der Waals surface area (Å²) in [4.78, 5) is 11.8. The van der Waals surface area contributed by atoms with Crippen LogP contribution in [-0.4, -0.2) is 12.5 Å². The molecule has 0 saturated heterocycles. The maximum absolute atomic E-state index is 13.4. The molecular weight excluding hydrogens is 298 g/mol. The summed E-state index contributed by atoms with van der Waals surface area (Å²) in [6.45, 7) is 1.81. The summed E-state index contributed by atoms with van der Waals surface area (Å²) in [6, 6.07) is 8.23. The molecule has 0 bridgehead atoms. The van der Waals surface area contributed by atoms with Crippen LogP contribution < -0.4 is 10.6 Å². The number of amides is 1. The van der Waals surface area contributed by atoms with E-state index in [-0.39, 0.29) is 12.2 Å². The number of anilines is 2. The fraction of sp³-hybridized carbons (Fsp3) is 0.133. The van der Waals surface area contributed by atoms with Gasteiger partial charge in [-0.25, -0.2) is 8.78 Å². The highest BCUT2D eigenvalue weighted by Gasteiger charge is 2.08. The lowest BCUT2D eigenvalue weighted by molar-refractivity contribution is -0.114. The Bertz CT molecular complexity index is 677. The lowest BCUT2D eigenvalue weighted by atomic mass is 10.2. The Morgan fingerprint density at radius 1 is 1.14 bits per heavy atom. The molecule has 0 atom stereocenters. The molecule has 21 heavy (non-hydrogen) atoms. The van der Waals surface area contributed by atoms with Crippen LogP contribution in [0.3, 0.4) is 0 Å². The van der Waals surface area contributed by atoms with Crippen LogP contribution in [0.2, 0.25) is 5.02 Å². The number of halogens is 3. The van der Waals surface area contributed by atoms with Crippen LogP contribution in [0, 0.1) is 18.6 Å². The molecule has 2 rings (SSSR count). The average Bonchev–Trinajstić information content (AvgIpc) is 2.43. The number of nitrogens with one attached hydrogen (secondary N) is 2. The van der Waals surface area contributed by atoms with Gasteiger partial charge < -0.3 is 10.6 Å². The third kappa shape index (κ3) is 4.16. The van der Waals surface area contributed by atoms with Crippen molar-refractivity contribution < 1.29 is 13.6 Å². The highest BCUT2D eigenvalue weighted by Crippen LogP contribution is 2.20. The maximum atomic E-state index is 13.4. The molecule has 0 heterocycles. The first-order chi connectivity index (χ1) is 9.95. The van der Waals surface area contributed by atoms with E-state index < -0.39 is 17.5 Å². The molecule has 0 saturated carbocycles. The third-order valence-electron chi connectivity index (χ3n) is 2.84. The van der Waals surface area contributed by atoms with E-state index in [4.69, 9.17) is 11.6 Å². The molecule has 110 valence electrons. The smallest absolute Gasteiger partial charge is 0.243 e. The average molecular weight is 311 g/mol. The number of carbonyl (C=O) groups is 1. The largest absolute Gasteiger partial charge is 0.376 e. The van der Waals surface area contributed by atoms with Gasteiger partial charge in [-0.1, -0.05) is 17.7 Å². The molecule has 0 aromatic heterocycles. The zero-order valence-electron chi connectivity index (χ0n) is 11.2. The first-order valence-electron chi connectivity index (χ1n) is 6.20. The third-order valence-corrected chi connectivity index (χ3v) is 3.08. The summed E-state index contributed by atoms with van der Waals surface area (Å²) >= 11 is 5.87. The van der Waals surface area contributed by atoms with Gasteiger partial charge in [0.05, 0.1) is 12.2 Å². The standard InChI is InChI=1S/C15H13ClF2N2O/c1-9-2-3-10(16)6-14(9)19-8-15(21)20-13-5-4-11(17)7-12(13)18/h2-7,19H,8H2,1H3,(H,20,21). The van der Waals surface area contributed by atoms with Gasteiger partial charge in [-0.05, 0) is 36.8 Å². The first-order valence-corrected chi connectivity index (χ1v) is 6.58. The van der Waals surface area contributed by atoms with E-state index >= 15 is 0 Å². The Morgan fingerprint density at radius 3 is 2.62 bits per heavy atom. The van der Waals surface area contributed by atoms with Crippen molar-refractivity contribution in [1.82, 2.24) is 0 Å². The fourth-order valence-corrected chi connectivity index (χ4v) is 1.92. The van der Waals surface area contributed by atoms with E-state index in [1.807, 2.05) is 13.0 Å². The molecule has 0 radical (unpaired) electrons. The van der Waals surface area contributed by atoms with Crippen molar-refractivity contribution in [2.24, 2.45) is 0 Å². The summed E-state index contributed by atoms with van der Waals surface area (Å²) in [5.74, 6) is -1.96. The highest BCUT2D eigenvalue weighted by atomic mass is 35.5. The minimum absolute atomic E-state index is 0.0575. The molecule has 0 spiro atoms. The number of rotatable bonds is 4. The predicted molar refractivity (Wildman–Crippen MR) is 79.7 cm³/mol. The molecule has 6 heteroatoms. The van der Waals surface area contributed by atoms with Gasteiger partial charge in [0.15, 0.2) is 0 Å². The van der Waals surface area contributed by atoms with E-state index in [9.17, 15) is 13.6 Å². The van der Waals surface area contributed by atoms with E-state index in [1.54, 1.807) is 12.1 Å². The van der Waals surface area contributed by atoms with Crippen molar-refractivity contribution in [2.75, 3.05) is 17.2 Å². The molecule has 0 unspecified atom stereocenters. The normalized spacial score (nSPS) is 10.3. The lowest BCUT2D eigenvalue weighted by Crippen LogP contribution is -2.22. The van der Waals surface area contributed by atoms with Crippen LogP contribution >= 0.6 is 11.6 Å². The zero-order valence-corrected chi connectivity index (χ0v) is 12.0. The number of hydrogen-bond acceptors (Lipinski definition) is 2. The van der Waals surface area contributed by atoms with Crippen LogP contribution in [0.15, 0.2) is 36.4 Å². The molecule has 0 fully saturated rings.